The van der Waals surface area contributed by atoms with Gasteiger partial charge in [0.25, 0.3) is 0 Å². The number of likely N-dealkylation sites (N-methyl/N-ethyl adjacent to an activating group) is 1. The van der Waals surface area contributed by atoms with E-state index in [1.54, 1.807) is 18.2 Å². The standard InChI is InChI=1S/C23H28FN5O2/c1-26-10-12-27(13-11-26)19-8-6-18(7-9-19)25-22(30)23(31)29-16-14-28(15-17-29)21-5-3-2-4-20(21)24/h2-9H,10-17H2,1H3,(H,25,30). The van der Waals surface area contributed by atoms with Crippen molar-refractivity contribution in [3.8, 4) is 0 Å². The smallest absolute Gasteiger partial charge is 0.313 e. The van der Waals surface area contributed by atoms with Crippen molar-refractivity contribution in [2.24, 2.45) is 0 Å². The highest BCUT2D eigenvalue weighted by Crippen LogP contribution is 2.21. The van der Waals surface area contributed by atoms with Gasteiger partial charge in [0.1, 0.15) is 5.82 Å². The summed E-state index contributed by atoms with van der Waals surface area (Å²) in [4.78, 5) is 33.0. The normalized spacial score (nSPS) is 17.5. The molecule has 0 atom stereocenters. The first-order valence-corrected chi connectivity index (χ1v) is 10.6. The molecule has 2 heterocycles. The molecule has 2 amide bonds. The maximum Gasteiger partial charge on any atom is 0.313 e. The van der Waals surface area contributed by atoms with Crippen LogP contribution in [0.25, 0.3) is 0 Å². The minimum absolute atomic E-state index is 0.278. The fourth-order valence-corrected chi connectivity index (χ4v) is 4.01. The summed E-state index contributed by atoms with van der Waals surface area (Å²) in [5.74, 6) is -1.48. The van der Waals surface area contributed by atoms with Crippen LogP contribution in [0.3, 0.4) is 0 Å². The molecule has 0 unspecified atom stereocenters. The number of hydrogen-bond donors (Lipinski definition) is 1. The maximum absolute atomic E-state index is 14.0. The van der Waals surface area contributed by atoms with Crippen LogP contribution in [0.1, 0.15) is 0 Å². The fourth-order valence-electron chi connectivity index (χ4n) is 4.01. The quantitative estimate of drug-likeness (QED) is 0.761. The maximum atomic E-state index is 14.0. The van der Waals surface area contributed by atoms with E-state index in [4.69, 9.17) is 0 Å². The number of benzene rings is 2. The molecule has 2 aromatic rings. The number of rotatable bonds is 3. The van der Waals surface area contributed by atoms with Crippen LogP contribution in [0.2, 0.25) is 0 Å². The van der Waals surface area contributed by atoms with Gasteiger partial charge in [0.15, 0.2) is 0 Å². The molecular formula is C23H28FN5O2. The predicted molar refractivity (Wildman–Crippen MR) is 120 cm³/mol. The van der Waals surface area contributed by atoms with Gasteiger partial charge < -0.3 is 24.9 Å². The van der Waals surface area contributed by atoms with Gasteiger partial charge in [-0.3, -0.25) is 9.59 Å². The van der Waals surface area contributed by atoms with E-state index in [0.717, 1.165) is 31.9 Å². The van der Waals surface area contributed by atoms with Crippen LogP contribution in [0.4, 0.5) is 21.5 Å². The molecule has 2 aliphatic rings. The Morgan fingerprint density at radius 2 is 1.42 bits per heavy atom. The van der Waals surface area contributed by atoms with E-state index < -0.39 is 11.8 Å². The first-order chi connectivity index (χ1) is 15.0. The van der Waals surface area contributed by atoms with Crippen molar-refractivity contribution in [1.29, 1.82) is 0 Å². The number of amides is 2. The number of hydrogen-bond acceptors (Lipinski definition) is 5. The van der Waals surface area contributed by atoms with Crippen molar-refractivity contribution >= 4 is 28.9 Å². The third-order valence-corrected chi connectivity index (χ3v) is 5.95. The molecule has 1 N–H and O–H groups in total. The summed E-state index contributed by atoms with van der Waals surface area (Å²) in [5.41, 5.74) is 2.24. The van der Waals surface area contributed by atoms with Crippen LogP contribution in [0.15, 0.2) is 48.5 Å². The van der Waals surface area contributed by atoms with Gasteiger partial charge in [0.2, 0.25) is 0 Å². The molecule has 0 aromatic heterocycles. The predicted octanol–water partition coefficient (Wildman–Crippen LogP) is 1.86. The van der Waals surface area contributed by atoms with Crippen molar-refractivity contribution < 1.29 is 14.0 Å². The van der Waals surface area contributed by atoms with Crippen LogP contribution in [0, 0.1) is 5.82 Å². The minimum Gasteiger partial charge on any atom is -0.369 e. The third-order valence-electron chi connectivity index (χ3n) is 5.95. The third kappa shape index (κ3) is 4.96. The van der Waals surface area contributed by atoms with Crippen LogP contribution in [0.5, 0.6) is 0 Å². The van der Waals surface area contributed by atoms with Gasteiger partial charge in [0, 0.05) is 63.7 Å². The molecule has 0 spiro atoms. The SMILES string of the molecule is CN1CCN(c2ccc(NC(=O)C(=O)N3CCN(c4ccccc4F)CC3)cc2)CC1. The van der Waals surface area contributed by atoms with Crippen molar-refractivity contribution in [3.05, 3.63) is 54.3 Å². The van der Waals surface area contributed by atoms with Gasteiger partial charge >= 0.3 is 11.8 Å². The molecule has 0 bridgehead atoms. The largest absolute Gasteiger partial charge is 0.369 e. The fraction of sp³-hybridized carbons (Fsp3) is 0.391. The van der Waals surface area contributed by atoms with Gasteiger partial charge in [-0.05, 0) is 43.4 Å². The average Bonchev–Trinajstić information content (AvgIpc) is 2.80. The molecule has 2 saturated heterocycles. The first kappa shape index (κ1) is 21.1. The Kier molecular flexibility index (Phi) is 6.36. The zero-order chi connectivity index (χ0) is 21.8. The number of carbonyl (C=O) groups excluding carboxylic acids is 2. The minimum atomic E-state index is -0.647. The number of halogens is 1. The summed E-state index contributed by atoms with van der Waals surface area (Å²) < 4.78 is 14.0. The van der Waals surface area contributed by atoms with Gasteiger partial charge in [0.05, 0.1) is 5.69 Å². The molecular weight excluding hydrogens is 397 g/mol. The van der Waals surface area contributed by atoms with Gasteiger partial charge in [-0.1, -0.05) is 12.1 Å². The summed E-state index contributed by atoms with van der Waals surface area (Å²) in [6.07, 6.45) is 0. The monoisotopic (exact) mass is 425 g/mol. The Hall–Kier alpha value is -3.13. The Morgan fingerprint density at radius 3 is 2.06 bits per heavy atom. The second-order valence-electron chi connectivity index (χ2n) is 8.02. The second kappa shape index (κ2) is 9.34. The lowest BCUT2D eigenvalue weighted by molar-refractivity contribution is -0.143. The average molecular weight is 426 g/mol. The highest BCUT2D eigenvalue weighted by Gasteiger charge is 2.27. The molecule has 4 rings (SSSR count). The molecule has 0 radical (unpaired) electrons. The summed E-state index contributed by atoms with van der Waals surface area (Å²) in [5, 5.41) is 2.70. The Labute approximate surface area is 182 Å². The molecule has 2 fully saturated rings. The van der Waals surface area contributed by atoms with E-state index in [-0.39, 0.29) is 5.82 Å². The van der Waals surface area contributed by atoms with Gasteiger partial charge in [-0.2, -0.15) is 0 Å². The van der Waals surface area contributed by atoms with Crippen molar-refractivity contribution in [2.75, 3.05) is 74.5 Å². The van der Waals surface area contributed by atoms with Crippen molar-refractivity contribution in [2.45, 2.75) is 0 Å². The topological polar surface area (TPSA) is 59.1 Å². The molecule has 2 aromatic carbocycles. The zero-order valence-electron chi connectivity index (χ0n) is 17.8. The summed E-state index contributed by atoms with van der Waals surface area (Å²) >= 11 is 0. The van der Waals surface area contributed by atoms with E-state index in [1.807, 2.05) is 29.2 Å². The van der Waals surface area contributed by atoms with Crippen LogP contribution in [-0.4, -0.2) is 81.0 Å². The van der Waals surface area contributed by atoms with E-state index in [2.05, 4.69) is 22.2 Å². The van der Waals surface area contributed by atoms with E-state index in [9.17, 15) is 14.0 Å². The summed E-state index contributed by atoms with van der Waals surface area (Å²) in [7, 11) is 2.12. The van der Waals surface area contributed by atoms with Crippen LogP contribution >= 0.6 is 0 Å². The number of nitrogens with zero attached hydrogens (tertiary/aromatic N) is 4. The lowest BCUT2D eigenvalue weighted by atomic mass is 10.2. The van der Waals surface area contributed by atoms with Gasteiger partial charge in [-0.15, -0.1) is 0 Å². The van der Waals surface area contributed by atoms with Crippen molar-refractivity contribution in [1.82, 2.24) is 9.80 Å². The highest BCUT2D eigenvalue weighted by molar-refractivity contribution is 6.39. The Balaban J connectivity index is 1.29. The first-order valence-electron chi connectivity index (χ1n) is 10.6. The molecule has 164 valence electrons. The number of piperazine rings is 2. The van der Waals surface area contributed by atoms with E-state index in [0.29, 0.717) is 37.6 Å². The summed E-state index contributed by atoms with van der Waals surface area (Å²) in [6, 6.07) is 14.2. The summed E-state index contributed by atoms with van der Waals surface area (Å²) in [6.45, 7) is 5.72. The lowest BCUT2D eigenvalue weighted by Gasteiger charge is -2.35. The van der Waals surface area contributed by atoms with Crippen LogP contribution in [-0.2, 0) is 9.59 Å². The molecule has 2 aliphatic heterocycles. The molecule has 0 saturated carbocycles. The van der Waals surface area contributed by atoms with Crippen molar-refractivity contribution in [3.63, 3.8) is 0 Å². The Morgan fingerprint density at radius 1 is 0.806 bits per heavy atom. The number of carbonyl (C=O) groups is 2. The van der Waals surface area contributed by atoms with E-state index >= 15 is 0 Å². The Bertz CT molecular complexity index is 920. The van der Waals surface area contributed by atoms with Crippen LogP contribution < -0.4 is 15.1 Å². The number of anilines is 3. The molecule has 0 aliphatic carbocycles. The van der Waals surface area contributed by atoms with E-state index in [1.165, 1.54) is 11.0 Å². The molecule has 7 nitrogen and oxygen atoms in total. The number of nitrogens with one attached hydrogen (secondary N) is 1. The van der Waals surface area contributed by atoms with Gasteiger partial charge in [-0.25, -0.2) is 4.39 Å². The highest BCUT2D eigenvalue weighted by atomic mass is 19.1. The zero-order valence-corrected chi connectivity index (χ0v) is 17.8. The second-order valence-corrected chi connectivity index (χ2v) is 8.02. The number of para-hydroxylation sites is 1. The molecule has 31 heavy (non-hydrogen) atoms. The lowest BCUT2D eigenvalue weighted by Crippen LogP contribution is -2.51. The molecule has 8 heteroatoms.